The number of hydrogen-bond acceptors (Lipinski definition) is 8. The summed E-state index contributed by atoms with van der Waals surface area (Å²) in [5.41, 5.74) is -1.25. The number of ether oxygens (including phenoxy) is 3. The van der Waals surface area contributed by atoms with Gasteiger partial charge in [-0.3, -0.25) is 4.98 Å². The first-order valence-electron chi connectivity index (χ1n) is 13.8. The zero-order valence-electron chi connectivity index (χ0n) is 23.7. The van der Waals surface area contributed by atoms with Gasteiger partial charge in [-0.05, 0) is 62.4 Å². The summed E-state index contributed by atoms with van der Waals surface area (Å²) >= 11 is 0. The van der Waals surface area contributed by atoms with Crippen LogP contribution in [0.3, 0.4) is 0 Å². The topological polar surface area (TPSA) is 112 Å². The Labute approximate surface area is 239 Å². The van der Waals surface area contributed by atoms with Gasteiger partial charge in [0.05, 0.1) is 11.1 Å². The van der Waals surface area contributed by atoms with Crippen molar-refractivity contribution < 1.29 is 33.7 Å². The third-order valence-corrected chi connectivity index (χ3v) is 9.42. The first kappa shape index (κ1) is 28.5. The van der Waals surface area contributed by atoms with E-state index < -0.39 is 46.5 Å². The van der Waals surface area contributed by atoms with Gasteiger partial charge in [0.2, 0.25) is 0 Å². The second-order valence-corrected chi connectivity index (χ2v) is 11.6. The molecule has 6 atom stereocenters. The average molecular weight is 558 g/mol. The van der Waals surface area contributed by atoms with Gasteiger partial charge in [0.15, 0.2) is 12.2 Å². The first-order chi connectivity index (χ1) is 19.5. The number of hydrogen-bond donors (Lipinski definition) is 1. The number of allylic oxidation sites excluding steroid dienone is 1. The standard InChI is InChI=1S/C33H35NO7/c1-21-10-8-14-25-31(2,16-15-22-18-26(35)39-20-22)33(4,38)28(41-29(36)23-11-6-5-7-12-23)27(32(21,25)3)40-30(37)24-13-9-17-34-19-24/h5-7,9-13,15-19,25,27-28,38H,8,14,20H2,1-4H3/b16-15+/t25-,27+,28+,31-,32+,33+/m0/s1. The van der Waals surface area contributed by atoms with Crippen molar-refractivity contribution in [1.82, 2.24) is 4.98 Å². The second-order valence-electron chi connectivity index (χ2n) is 11.6. The molecule has 1 fully saturated rings. The normalized spacial score (nSPS) is 32.9. The summed E-state index contributed by atoms with van der Waals surface area (Å²) in [6.45, 7) is 7.71. The Morgan fingerprint density at radius 3 is 2.37 bits per heavy atom. The summed E-state index contributed by atoms with van der Waals surface area (Å²) < 4.78 is 17.5. The van der Waals surface area contributed by atoms with Gasteiger partial charge in [-0.15, -0.1) is 0 Å². The van der Waals surface area contributed by atoms with E-state index in [9.17, 15) is 19.5 Å². The lowest BCUT2D eigenvalue weighted by Gasteiger charge is -2.64. The van der Waals surface area contributed by atoms with Gasteiger partial charge in [0.25, 0.3) is 0 Å². The van der Waals surface area contributed by atoms with Gasteiger partial charge in [-0.25, -0.2) is 14.4 Å². The molecule has 8 nitrogen and oxygen atoms in total. The highest BCUT2D eigenvalue weighted by molar-refractivity contribution is 5.90. The number of benzene rings is 1. The lowest BCUT2D eigenvalue weighted by molar-refractivity contribution is -0.251. The molecule has 41 heavy (non-hydrogen) atoms. The molecule has 214 valence electrons. The number of cyclic esters (lactones) is 1. The highest BCUT2D eigenvalue weighted by atomic mass is 16.6. The van der Waals surface area contributed by atoms with Crippen molar-refractivity contribution in [1.29, 1.82) is 0 Å². The molecule has 1 aromatic heterocycles. The van der Waals surface area contributed by atoms with E-state index in [-0.39, 0.29) is 18.1 Å². The molecule has 0 amide bonds. The van der Waals surface area contributed by atoms with Crippen LogP contribution in [0.5, 0.6) is 0 Å². The number of aromatic nitrogens is 1. The van der Waals surface area contributed by atoms with Crippen molar-refractivity contribution in [2.75, 3.05) is 6.61 Å². The molecule has 1 aliphatic heterocycles. The largest absolute Gasteiger partial charge is 0.458 e. The van der Waals surface area contributed by atoms with E-state index in [1.165, 1.54) is 12.3 Å². The zero-order chi connectivity index (χ0) is 29.4. The molecule has 1 aromatic carbocycles. The maximum absolute atomic E-state index is 13.5. The Morgan fingerprint density at radius 2 is 1.71 bits per heavy atom. The summed E-state index contributed by atoms with van der Waals surface area (Å²) in [4.78, 5) is 42.7. The highest BCUT2D eigenvalue weighted by Gasteiger charge is 2.69. The lowest BCUT2D eigenvalue weighted by Crippen LogP contribution is -2.72. The van der Waals surface area contributed by atoms with E-state index in [0.717, 1.165) is 12.0 Å². The highest BCUT2D eigenvalue weighted by Crippen LogP contribution is 2.63. The average Bonchev–Trinajstić information content (AvgIpc) is 3.39. The van der Waals surface area contributed by atoms with Crippen LogP contribution < -0.4 is 0 Å². The zero-order valence-corrected chi connectivity index (χ0v) is 23.7. The fourth-order valence-corrected chi connectivity index (χ4v) is 6.71. The minimum absolute atomic E-state index is 0.145. The van der Waals surface area contributed by atoms with Crippen LogP contribution in [-0.4, -0.2) is 52.4 Å². The maximum atomic E-state index is 13.5. The van der Waals surface area contributed by atoms with Crippen LogP contribution in [0, 0.1) is 16.7 Å². The third kappa shape index (κ3) is 4.90. The van der Waals surface area contributed by atoms with Crippen molar-refractivity contribution in [3.63, 3.8) is 0 Å². The van der Waals surface area contributed by atoms with Crippen LogP contribution in [0.25, 0.3) is 0 Å². The van der Waals surface area contributed by atoms with Gasteiger partial charge in [-0.1, -0.05) is 55.8 Å². The number of carbonyl (C=O) groups is 3. The predicted octanol–water partition coefficient (Wildman–Crippen LogP) is 5.01. The molecule has 1 saturated carbocycles. The number of esters is 3. The van der Waals surface area contributed by atoms with E-state index in [1.807, 2.05) is 26.8 Å². The number of carbonyl (C=O) groups excluding carboxylic acids is 3. The van der Waals surface area contributed by atoms with Gasteiger partial charge in [-0.2, -0.15) is 0 Å². The first-order valence-corrected chi connectivity index (χ1v) is 13.8. The summed E-state index contributed by atoms with van der Waals surface area (Å²) in [5.74, 6) is -1.89. The third-order valence-electron chi connectivity index (χ3n) is 9.42. The quantitative estimate of drug-likeness (QED) is 0.300. The summed E-state index contributed by atoms with van der Waals surface area (Å²) in [6.07, 6.45) is 9.42. The number of pyridine rings is 1. The Morgan fingerprint density at radius 1 is 1.02 bits per heavy atom. The molecule has 3 aliphatic rings. The second kappa shape index (κ2) is 10.7. The molecule has 0 bridgehead atoms. The van der Waals surface area contributed by atoms with Crippen molar-refractivity contribution >= 4 is 17.9 Å². The Kier molecular flexibility index (Phi) is 7.46. The molecule has 0 unspecified atom stereocenters. The predicted molar refractivity (Wildman–Crippen MR) is 151 cm³/mol. The van der Waals surface area contributed by atoms with Crippen LogP contribution in [0.4, 0.5) is 0 Å². The van der Waals surface area contributed by atoms with Crippen molar-refractivity contribution in [3.05, 3.63) is 101 Å². The molecule has 1 N–H and O–H groups in total. The number of fused-ring (bicyclic) bond motifs is 1. The van der Waals surface area contributed by atoms with E-state index >= 15 is 0 Å². The SMILES string of the molecule is CC1=CCC[C@@H]2[C@]1(C)[C@H](OC(=O)c1cccnc1)[C@@H](OC(=O)c1ccccc1)[C@@](C)(O)[C@@]2(C)/C=C/C1=CC(=O)OC1. The minimum atomic E-state index is -1.69. The lowest BCUT2D eigenvalue weighted by atomic mass is 9.44. The summed E-state index contributed by atoms with van der Waals surface area (Å²) in [6, 6.07) is 11.8. The molecule has 2 aromatic rings. The Hall–Kier alpha value is -4.04. The molecular weight excluding hydrogens is 522 g/mol. The molecule has 8 heteroatoms. The van der Waals surface area contributed by atoms with Crippen LogP contribution in [-0.2, 0) is 19.0 Å². The number of rotatable bonds is 6. The van der Waals surface area contributed by atoms with E-state index in [2.05, 4.69) is 11.1 Å². The minimum Gasteiger partial charge on any atom is -0.458 e. The number of aliphatic hydroxyl groups is 1. The monoisotopic (exact) mass is 557 g/mol. The van der Waals surface area contributed by atoms with Crippen molar-refractivity contribution in [2.45, 2.75) is 58.3 Å². The fourth-order valence-electron chi connectivity index (χ4n) is 6.71. The fraction of sp³-hybridized carbons (Fsp3) is 0.394. The Bertz CT molecular complexity index is 1430. The molecule has 5 rings (SSSR count). The van der Waals surface area contributed by atoms with Gasteiger partial charge in [0.1, 0.15) is 12.2 Å². The van der Waals surface area contributed by atoms with E-state index in [0.29, 0.717) is 17.6 Å². The van der Waals surface area contributed by atoms with Crippen molar-refractivity contribution in [3.8, 4) is 0 Å². The van der Waals surface area contributed by atoms with E-state index in [4.69, 9.17) is 14.2 Å². The molecule has 2 aliphatic carbocycles. The van der Waals surface area contributed by atoms with E-state index in [1.54, 1.807) is 61.7 Å². The van der Waals surface area contributed by atoms with Gasteiger partial charge < -0.3 is 19.3 Å². The molecule has 2 heterocycles. The summed E-state index contributed by atoms with van der Waals surface area (Å²) in [7, 11) is 0. The number of nitrogens with zero attached hydrogens (tertiary/aromatic N) is 1. The smallest absolute Gasteiger partial charge is 0.340 e. The van der Waals surface area contributed by atoms with Crippen LogP contribution in [0.1, 0.15) is 61.3 Å². The van der Waals surface area contributed by atoms with Gasteiger partial charge in [0, 0.05) is 29.3 Å². The van der Waals surface area contributed by atoms with Crippen molar-refractivity contribution in [2.24, 2.45) is 16.7 Å². The summed E-state index contributed by atoms with van der Waals surface area (Å²) in [5, 5.41) is 12.5. The molecular formula is C33H35NO7. The van der Waals surface area contributed by atoms with Crippen LogP contribution in [0.2, 0.25) is 0 Å². The van der Waals surface area contributed by atoms with Crippen LogP contribution >= 0.6 is 0 Å². The molecule has 0 radical (unpaired) electrons. The maximum Gasteiger partial charge on any atom is 0.340 e. The molecule has 0 saturated heterocycles. The molecule has 0 spiro atoms. The van der Waals surface area contributed by atoms with Gasteiger partial charge >= 0.3 is 17.9 Å². The van der Waals surface area contributed by atoms with Crippen LogP contribution in [0.15, 0.2) is 90.3 Å². The Balaban J connectivity index is 1.64.